The fraction of sp³-hybridized carbons (Fsp3) is 0.435. The van der Waals surface area contributed by atoms with Gasteiger partial charge in [0.2, 0.25) is 5.88 Å². The van der Waals surface area contributed by atoms with Crippen molar-refractivity contribution in [3.05, 3.63) is 52.6 Å². The molecule has 2 heterocycles. The normalized spacial score (nSPS) is 11.3. The molecule has 0 atom stereocenters. The molecule has 3 aromatic rings. The first-order valence-electron chi connectivity index (χ1n) is 10.5. The minimum atomic E-state index is -0.381. The van der Waals surface area contributed by atoms with E-state index in [1.807, 2.05) is 19.9 Å². The van der Waals surface area contributed by atoms with Crippen molar-refractivity contribution in [3.63, 3.8) is 0 Å². The second kappa shape index (κ2) is 10.8. The Kier molecular flexibility index (Phi) is 7.83. The highest BCUT2D eigenvalue weighted by Gasteiger charge is 2.11. The number of hydrogen-bond donors (Lipinski definition) is 1. The van der Waals surface area contributed by atoms with Crippen molar-refractivity contribution < 1.29 is 13.9 Å². The molecule has 8 nitrogen and oxygen atoms in total. The molecule has 0 saturated carbocycles. The van der Waals surface area contributed by atoms with Crippen LogP contribution in [0.25, 0.3) is 11.0 Å². The summed E-state index contributed by atoms with van der Waals surface area (Å²) < 4.78 is 17.1. The summed E-state index contributed by atoms with van der Waals surface area (Å²) in [7, 11) is 2.08. The smallest absolute Gasteiger partial charge is 0.336 e. The van der Waals surface area contributed by atoms with E-state index >= 15 is 0 Å². The first kappa shape index (κ1) is 22.6. The summed E-state index contributed by atoms with van der Waals surface area (Å²) >= 11 is 0. The number of hydrogen-bond acceptors (Lipinski definition) is 8. The zero-order valence-electron chi connectivity index (χ0n) is 18.6. The van der Waals surface area contributed by atoms with E-state index in [-0.39, 0.29) is 11.7 Å². The number of fused-ring (bicyclic) bond motifs is 1. The SMILES string of the molecule is CCN(C)CCNc1cc(OCCc2cc3ccc(=O)oc3cc2OC(C)C)ncn1. The van der Waals surface area contributed by atoms with E-state index in [4.69, 9.17) is 13.9 Å². The molecule has 3 rings (SSSR count). The summed E-state index contributed by atoms with van der Waals surface area (Å²) in [6.07, 6.45) is 2.10. The number of rotatable bonds is 11. The topological polar surface area (TPSA) is 89.7 Å². The maximum atomic E-state index is 11.5. The molecule has 166 valence electrons. The quantitative estimate of drug-likeness (QED) is 0.467. The molecule has 0 spiro atoms. The summed E-state index contributed by atoms with van der Waals surface area (Å²) in [6.45, 7) is 9.19. The third-order valence-corrected chi connectivity index (χ3v) is 4.77. The van der Waals surface area contributed by atoms with Crippen LogP contribution in [0.5, 0.6) is 11.6 Å². The average molecular weight is 427 g/mol. The minimum Gasteiger partial charge on any atom is -0.491 e. The van der Waals surface area contributed by atoms with Crippen LogP contribution in [0.2, 0.25) is 0 Å². The molecule has 1 N–H and O–H groups in total. The highest BCUT2D eigenvalue weighted by molar-refractivity contribution is 5.79. The lowest BCUT2D eigenvalue weighted by Gasteiger charge is -2.16. The number of nitrogens with zero attached hydrogens (tertiary/aromatic N) is 3. The van der Waals surface area contributed by atoms with Crippen LogP contribution in [-0.2, 0) is 6.42 Å². The van der Waals surface area contributed by atoms with Crippen LogP contribution in [0.1, 0.15) is 26.3 Å². The van der Waals surface area contributed by atoms with E-state index in [0.29, 0.717) is 30.2 Å². The number of anilines is 1. The van der Waals surface area contributed by atoms with Gasteiger partial charge in [-0.1, -0.05) is 6.92 Å². The van der Waals surface area contributed by atoms with E-state index in [1.54, 1.807) is 18.2 Å². The molecular formula is C23H30N4O4. The lowest BCUT2D eigenvalue weighted by Crippen LogP contribution is -2.24. The number of likely N-dealkylation sites (N-methyl/N-ethyl adjacent to an activating group) is 1. The van der Waals surface area contributed by atoms with Crippen molar-refractivity contribution in [1.82, 2.24) is 14.9 Å². The van der Waals surface area contributed by atoms with Crippen LogP contribution in [0, 0.1) is 0 Å². The number of aromatic nitrogens is 2. The summed E-state index contributed by atoms with van der Waals surface area (Å²) in [5.41, 5.74) is 1.10. The molecule has 0 aliphatic heterocycles. The molecule has 0 radical (unpaired) electrons. The largest absolute Gasteiger partial charge is 0.491 e. The van der Waals surface area contributed by atoms with Crippen molar-refractivity contribution in [2.75, 3.05) is 38.6 Å². The van der Waals surface area contributed by atoms with E-state index in [2.05, 4.69) is 34.2 Å². The van der Waals surface area contributed by atoms with Crippen LogP contribution >= 0.6 is 0 Å². The van der Waals surface area contributed by atoms with Crippen LogP contribution in [0.15, 0.2) is 45.9 Å². The molecule has 0 amide bonds. The standard InChI is InChI=1S/C23H30N4O4/c1-5-27(4)10-9-24-21-14-22(26-15-25-21)29-11-8-18-12-17-6-7-23(28)31-20(17)13-19(18)30-16(2)3/h6-7,12-16H,5,8-11H2,1-4H3,(H,24,25,26). The summed E-state index contributed by atoms with van der Waals surface area (Å²) in [5, 5.41) is 4.13. The molecule has 0 bridgehead atoms. The van der Waals surface area contributed by atoms with Crippen molar-refractivity contribution in [1.29, 1.82) is 0 Å². The van der Waals surface area contributed by atoms with Gasteiger partial charge in [-0.2, -0.15) is 0 Å². The van der Waals surface area contributed by atoms with E-state index in [0.717, 1.165) is 36.4 Å². The Morgan fingerprint density at radius 1 is 1.19 bits per heavy atom. The van der Waals surface area contributed by atoms with Gasteiger partial charge in [0.15, 0.2) is 0 Å². The molecule has 0 aliphatic rings. The van der Waals surface area contributed by atoms with Gasteiger partial charge in [0.05, 0.1) is 12.7 Å². The third-order valence-electron chi connectivity index (χ3n) is 4.77. The van der Waals surface area contributed by atoms with Crippen molar-refractivity contribution >= 4 is 16.8 Å². The Labute approximate surface area is 182 Å². The number of ether oxygens (including phenoxy) is 2. The second-order valence-electron chi connectivity index (χ2n) is 7.58. The Bertz CT molecular complexity index is 1050. The molecule has 0 fully saturated rings. The van der Waals surface area contributed by atoms with Gasteiger partial charge >= 0.3 is 5.63 Å². The average Bonchev–Trinajstić information content (AvgIpc) is 2.74. The van der Waals surface area contributed by atoms with Crippen LogP contribution in [0.3, 0.4) is 0 Å². The van der Waals surface area contributed by atoms with Crippen LogP contribution < -0.4 is 20.4 Å². The minimum absolute atomic E-state index is 0.00481. The Hall–Kier alpha value is -3.13. The summed E-state index contributed by atoms with van der Waals surface area (Å²) in [4.78, 5) is 22.2. The molecule has 0 unspecified atom stereocenters. The zero-order valence-corrected chi connectivity index (χ0v) is 18.6. The van der Waals surface area contributed by atoms with Gasteiger partial charge in [0.25, 0.3) is 0 Å². The van der Waals surface area contributed by atoms with Crippen molar-refractivity contribution in [3.8, 4) is 11.6 Å². The molecular weight excluding hydrogens is 396 g/mol. The molecule has 8 heteroatoms. The van der Waals surface area contributed by atoms with Crippen LogP contribution in [0.4, 0.5) is 5.82 Å². The Balaban J connectivity index is 1.65. The molecule has 31 heavy (non-hydrogen) atoms. The Morgan fingerprint density at radius 3 is 2.81 bits per heavy atom. The first-order chi connectivity index (χ1) is 14.9. The lowest BCUT2D eigenvalue weighted by molar-refractivity contribution is 0.237. The van der Waals surface area contributed by atoms with Gasteiger partial charge < -0.3 is 24.1 Å². The van der Waals surface area contributed by atoms with Gasteiger partial charge in [-0.3, -0.25) is 0 Å². The Morgan fingerprint density at radius 2 is 2.03 bits per heavy atom. The van der Waals surface area contributed by atoms with E-state index in [1.165, 1.54) is 12.4 Å². The predicted octanol–water partition coefficient (Wildman–Crippen LogP) is 3.36. The maximum Gasteiger partial charge on any atom is 0.336 e. The fourth-order valence-corrected chi connectivity index (χ4v) is 3.02. The van der Waals surface area contributed by atoms with Gasteiger partial charge in [0, 0.05) is 43.1 Å². The first-order valence-corrected chi connectivity index (χ1v) is 10.5. The second-order valence-corrected chi connectivity index (χ2v) is 7.58. The maximum absolute atomic E-state index is 11.5. The van der Waals surface area contributed by atoms with Gasteiger partial charge in [-0.05, 0) is 45.1 Å². The van der Waals surface area contributed by atoms with E-state index in [9.17, 15) is 4.79 Å². The molecule has 0 aliphatic carbocycles. The fourth-order valence-electron chi connectivity index (χ4n) is 3.02. The number of nitrogens with one attached hydrogen (secondary N) is 1. The highest BCUT2D eigenvalue weighted by atomic mass is 16.5. The van der Waals surface area contributed by atoms with E-state index < -0.39 is 0 Å². The third kappa shape index (κ3) is 6.68. The van der Waals surface area contributed by atoms with Gasteiger partial charge in [-0.25, -0.2) is 14.8 Å². The lowest BCUT2D eigenvalue weighted by atomic mass is 10.1. The highest BCUT2D eigenvalue weighted by Crippen LogP contribution is 2.27. The number of benzene rings is 1. The molecule has 2 aromatic heterocycles. The monoisotopic (exact) mass is 426 g/mol. The molecule has 0 saturated heterocycles. The summed E-state index contributed by atoms with van der Waals surface area (Å²) in [6, 6.07) is 8.71. The van der Waals surface area contributed by atoms with Crippen molar-refractivity contribution in [2.45, 2.75) is 33.3 Å². The summed E-state index contributed by atoms with van der Waals surface area (Å²) in [5.74, 6) is 1.93. The van der Waals surface area contributed by atoms with Crippen molar-refractivity contribution in [2.24, 2.45) is 0 Å². The van der Waals surface area contributed by atoms with Gasteiger partial charge in [0.1, 0.15) is 23.5 Å². The van der Waals surface area contributed by atoms with Crippen LogP contribution in [-0.4, -0.2) is 54.3 Å². The molecule has 1 aromatic carbocycles. The zero-order chi connectivity index (χ0) is 22.2. The van der Waals surface area contributed by atoms with Gasteiger partial charge in [-0.15, -0.1) is 0 Å². The predicted molar refractivity (Wildman–Crippen MR) is 121 cm³/mol.